The SMILES string of the molecule is CN=C(N)Nc1ccc(C(=O)N(Cc2ccc(C(F)(F)F)cn2)C(c2ccccc2F)C2CC2)cn1. The largest absolute Gasteiger partial charge is 0.417 e. The van der Waals surface area contributed by atoms with Crippen LogP contribution in [-0.4, -0.2) is 33.8 Å². The number of carbonyl (C=O) groups excluding carboxylic acids is 1. The molecule has 11 heteroatoms. The van der Waals surface area contributed by atoms with Gasteiger partial charge in [0.25, 0.3) is 5.91 Å². The second-order valence-electron chi connectivity index (χ2n) is 8.44. The molecule has 1 saturated carbocycles. The predicted octanol–water partition coefficient (Wildman–Crippen LogP) is 4.78. The van der Waals surface area contributed by atoms with Gasteiger partial charge < -0.3 is 16.0 Å². The van der Waals surface area contributed by atoms with Crippen molar-refractivity contribution >= 4 is 17.7 Å². The molecular formula is C25H24F4N6O. The summed E-state index contributed by atoms with van der Waals surface area (Å²) in [6.45, 7) is -0.109. The Morgan fingerprint density at radius 2 is 1.89 bits per heavy atom. The third kappa shape index (κ3) is 5.78. The van der Waals surface area contributed by atoms with Gasteiger partial charge in [-0.25, -0.2) is 9.37 Å². The Bertz CT molecular complexity index is 1240. The van der Waals surface area contributed by atoms with E-state index in [4.69, 9.17) is 5.73 Å². The maximum atomic E-state index is 14.9. The number of nitrogens with one attached hydrogen (secondary N) is 1. The summed E-state index contributed by atoms with van der Waals surface area (Å²) in [5.41, 5.74) is 5.57. The van der Waals surface area contributed by atoms with Crippen LogP contribution in [0.25, 0.3) is 0 Å². The van der Waals surface area contributed by atoms with E-state index >= 15 is 0 Å². The Morgan fingerprint density at radius 3 is 2.44 bits per heavy atom. The molecule has 7 nitrogen and oxygen atoms in total. The number of carbonyl (C=O) groups is 1. The average Bonchev–Trinajstić information content (AvgIpc) is 3.70. The van der Waals surface area contributed by atoms with Crippen molar-refractivity contribution in [2.24, 2.45) is 16.6 Å². The summed E-state index contributed by atoms with van der Waals surface area (Å²) in [6.07, 6.45) is -0.862. The molecule has 1 aliphatic rings. The van der Waals surface area contributed by atoms with E-state index in [0.29, 0.717) is 11.4 Å². The van der Waals surface area contributed by atoms with Gasteiger partial charge in [0.2, 0.25) is 0 Å². The minimum Gasteiger partial charge on any atom is -0.370 e. The number of aliphatic imine (C=N–C) groups is 1. The lowest BCUT2D eigenvalue weighted by Gasteiger charge is -2.32. The van der Waals surface area contributed by atoms with Crippen LogP contribution in [0.1, 0.15) is 46.1 Å². The number of anilines is 1. The van der Waals surface area contributed by atoms with Gasteiger partial charge in [-0.2, -0.15) is 13.2 Å². The minimum atomic E-state index is -4.53. The summed E-state index contributed by atoms with van der Waals surface area (Å²) in [5, 5.41) is 2.77. The molecule has 1 aliphatic carbocycles. The van der Waals surface area contributed by atoms with Gasteiger partial charge in [-0.1, -0.05) is 18.2 Å². The van der Waals surface area contributed by atoms with E-state index in [0.717, 1.165) is 25.1 Å². The number of rotatable bonds is 7. The highest BCUT2D eigenvalue weighted by molar-refractivity contribution is 5.95. The first-order chi connectivity index (χ1) is 17.2. The lowest BCUT2D eigenvalue weighted by atomic mass is 9.98. The van der Waals surface area contributed by atoms with E-state index < -0.39 is 29.5 Å². The van der Waals surface area contributed by atoms with Crippen LogP contribution >= 0.6 is 0 Å². The van der Waals surface area contributed by atoms with Crippen LogP contribution < -0.4 is 11.1 Å². The Morgan fingerprint density at radius 1 is 1.14 bits per heavy atom. The molecule has 1 aromatic carbocycles. The molecule has 1 atom stereocenters. The average molecular weight is 501 g/mol. The highest BCUT2D eigenvalue weighted by atomic mass is 19.4. The normalized spacial score (nSPS) is 14.9. The number of pyridine rings is 2. The highest BCUT2D eigenvalue weighted by Gasteiger charge is 2.40. The topological polar surface area (TPSA) is 96.5 Å². The van der Waals surface area contributed by atoms with Crippen molar-refractivity contribution in [3.63, 3.8) is 0 Å². The number of alkyl halides is 3. The fourth-order valence-electron chi connectivity index (χ4n) is 3.91. The van der Waals surface area contributed by atoms with Gasteiger partial charge in [-0.05, 0) is 49.1 Å². The number of hydrogen-bond acceptors (Lipinski definition) is 4. The van der Waals surface area contributed by atoms with Gasteiger partial charge in [0.05, 0.1) is 29.4 Å². The summed E-state index contributed by atoms with van der Waals surface area (Å²) >= 11 is 0. The number of nitrogens with two attached hydrogens (primary N) is 1. The van der Waals surface area contributed by atoms with Gasteiger partial charge in [0.15, 0.2) is 5.96 Å². The molecule has 1 unspecified atom stereocenters. The van der Waals surface area contributed by atoms with Gasteiger partial charge in [0, 0.05) is 25.0 Å². The van der Waals surface area contributed by atoms with Crippen molar-refractivity contribution in [1.29, 1.82) is 0 Å². The number of halogens is 4. The van der Waals surface area contributed by atoms with Gasteiger partial charge >= 0.3 is 6.18 Å². The number of aromatic nitrogens is 2. The van der Waals surface area contributed by atoms with Crippen molar-refractivity contribution in [3.8, 4) is 0 Å². The molecule has 3 aromatic rings. The fourth-order valence-corrected chi connectivity index (χ4v) is 3.91. The Kier molecular flexibility index (Phi) is 7.18. The quantitative estimate of drug-likeness (QED) is 0.276. The molecule has 1 fully saturated rings. The van der Waals surface area contributed by atoms with Crippen molar-refractivity contribution in [2.75, 3.05) is 12.4 Å². The van der Waals surface area contributed by atoms with Crippen LogP contribution in [0.3, 0.4) is 0 Å². The molecule has 4 rings (SSSR count). The lowest BCUT2D eigenvalue weighted by Crippen LogP contribution is -2.36. The minimum absolute atomic E-state index is 0.00904. The van der Waals surface area contributed by atoms with Gasteiger partial charge in [-0.15, -0.1) is 0 Å². The number of benzene rings is 1. The molecule has 3 N–H and O–H groups in total. The fraction of sp³-hybridized carbons (Fsp3) is 0.280. The van der Waals surface area contributed by atoms with Crippen LogP contribution in [0.5, 0.6) is 0 Å². The summed E-state index contributed by atoms with van der Waals surface area (Å²) < 4.78 is 53.9. The summed E-state index contributed by atoms with van der Waals surface area (Å²) in [4.78, 5) is 27.1. The van der Waals surface area contributed by atoms with Gasteiger partial charge in [0.1, 0.15) is 11.6 Å². The van der Waals surface area contributed by atoms with Crippen molar-refractivity contribution in [1.82, 2.24) is 14.9 Å². The third-order valence-electron chi connectivity index (χ3n) is 5.88. The zero-order valence-electron chi connectivity index (χ0n) is 19.3. The molecule has 2 heterocycles. The molecule has 0 bridgehead atoms. The summed E-state index contributed by atoms with van der Waals surface area (Å²) in [6, 6.07) is 10.8. The molecule has 0 aliphatic heterocycles. The van der Waals surface area contributed by atoms with E-state index in [9.17, 15) is 22.4 Å². The number of amides is 1. The van der Waals surface area contributed by atoms with E-state index in [1.807, 2.05) is 0 Å². The van der Waals surface area contributed by atoms with E-state index in [1.165, 1.54) is 30.3 Å². The monoisotopic (exact) mass is 500 g/mol. The predicted molar refractivity (Wildman–Crippen MR) is 126 cm³/mol. The van der Waals surface area contributed by atoms with E-state index in [1.54, 1.807) is 30.3 Å². The Balaban J connectivity index is 1.69. The first-order valence-electron chi connectivity index (χ1n) is 11.2. The third-order valence-corrected chi connectivity index (χ3v) is 5.88. The molecule has 0 saturated heterocycles. The molecule has 1 amide bonds. The lowest BCUT2D eigenvalue weighted by molar-refractivity contribution is -0.137. The molecular weight excluding hydrogens is 476 g/mol. The maximum absolute atomic E-state index is 14.9. The van der Waals surface area contributed by atoms with Crippen molar-refractivity contribution in [3.05, 3.63) is 89.1 Å². The first kappa shape index (κ1) is 25.1. The molecule has 2 aromatic heterocycles. The van der Waals surface area contributed by atoms with Crippen LogP contribution in [0.2, 0.25) is 0 Å². The molecule has 36 heavy (non-hydrogen) atoms. The summed E-state index contributed by atoms with van der Waals surface area (Å²) in [5.74, 6) is -0.384. The van der Waals surface area contributed by atoms with Crippen molar-refractivity contribution < 1.29 is 22.4 Å². The Hall–Kier alpha value is -4.02. The smallest absolute Gasteiger partial charge is 0.370 e. The first-order valence-corrected chi connectivity index (χ1v) is 11.2. The maximum Gasteiger partial charge on any atom is 0.417 e. The van der Waals surface area contributed by atoms with E-state index in [2.05, 4.69) is 20.3 Å². The molecule has 0 spiro atoms. The van der Waals surface area contributed by atoms with Crippen LogP contribution in [0.15, 0.2) is 65.9 Å². The number of nitrogens with zero attached hydrogens (tertiary/aromatic N) is 4. The van der Waals surface area contributed by atoms with E-state index in [-0.39, 0.29) is 29.7 Å². The second-order valence-corrected chi connectivity index (χ2v) is 8.44. The van der Waals surface area contributed by atoms with Gasteiger partial charge in [-0.3, -0.25) is 14.8 Å². The molecule has 188 valence electrons. The van der Waals surface area contributed by atoms with Crippen LogP contribution in [0.4, 0.5) is 23.4 Å². The summed E-state index contributed by atoms with van der Waals surface area (Å²) in [7, 11) is 1.51. The van der Waals surface area contributed by atoms with Crippen LogP contribution in [0, 0.1) is 11.7 Å². The number of guanidine groups is 1. The zero-order chi connectivity index (χ0) is 25.9. The second kappa shape index (κ2) is 10.3. The van der Waals surface area contributed by atoms with Crippen molar-refractivity contribution in [2.45, 2.75) is 31.6 Å². The standard InChI is InChI=1S/C25H24F4N6O/c1-31-24(30)34-21-11-8-16(12-33-21)23(36)35(14-18-10-9-17(13-32-18)25(27,28)29)22(15-6-7-15)19-4-2-3-5-20(19)26/h2-5,8-13,15,22H,6-7,14H2,1H3,(H3,30,31,33,34). The zero-order valence-corrected chi connectivity index (χ0v) is 19.3. The highest BCUT2D eigenvalue weighted by Crippen LogP contribution is 2.46. The Labute approximate surface area is 205 Å². The number of hydrogen-bond donors (Lipinski definition) is 2. The van der Waals surface area contributed by atoms with Crippen LogP contribution in [-0.2, 0) is 12.7 Å². The molecule has 0 radical (unpaired) electrons.